The Morgan fingerprint density at radius 2 is 1.31 bits per heavy atom. The molecular weight excluding hydrogens is 607 g/mol. The molecule has 0 radical (unpaired) electrons. The minimum absolute atomic E-state index is 0. The summed E-state index contributed by atoms with van der Waals surface area (Å²) >= 11 is 16.9. The Hall–Kier alpha value is -2.95. The summed E-state index contributed by atoms with van der Waals surface area (Å²) < 4.78 is 20.2. The number of aromatic nitrogens is 4. The smallest absolute Gasteiger partial charge is 0.343 e. The van der Waals surface area contributed by atoms with Crippen LogP contribution in [0.4, 0.5) is 0 Å². The third-order valence-corrected chi connectivity index (χ3v) is 4.95. The monoisotopic (exact) mass is 648 g/mol. The van der Waals surface area contributed by atoms with E-state index in [0.717, 1.165) is 25.9 Å². The van der Waals surface area contributed by atoms with Crippen molar-refractivity contribution >= 4 is 52.8 Å². The third kappa shape index (κ3) is 19.2. The number of hydrogen-bond donors (Lipinski definition) is 0. The largest absolute Gasteiger partial charge is 0.502 e. The van der Waals surface area contributed by atoms with E-state index < -0.39 is 11.9 Å². The van der Waals surface area contributed by atoms with Gasteiger partial charge in [0.1, 0.15) is 16.3 Å². The zero-order valence-electron chi connectivity index (χ0n) is 24.4. The number of esters is 2. The standard InChI is InChI=1S/C14H19ClN2O3.C8H8Cl2N2O2.C6H12O.CH4/c1-4-5-7-19-8-6-12-11(9-16-14(15)17-12)13(18)20-10(2)3;1-4(2)14-7(13)5-3-11-8(10)12-6(5)9;1-3-5-6-7-4-2;/h6,8-10H,4-5,7H2,1-3H3;3-4H,1-2H3;4H,2-3,5-6H2,1H3;1H4/b8-6+;;;. The first-order valence-corrected chi connectivity index (χ1v) is 14.2. The number of hydrogen-bond acceptors (Lipinski definition) is 10. The summed E-state index contributed by atoms with van der Waals surface area (Å²) in [6.45, 7) is 16.1. The molecular formula is C29H43Cl3N4O6. The molecule has 0 aliphatic rings. The molecule has 2 aromatic heterocycles. The lowest BCUT2D eigenvalue weighted by molar-refractivity contribution is 0.0366. The summed E-state index contributed by atoms with van der Waals surface area (Å²) in [7, 11) is 0. The summed E-state index contributed by atoms with van der Waals surface area (Å²) in [4.78, 5) is 38.3. The Labute approximate surface area is 264 Å². The van der Waals surface area contributed by atoms with Crippen molar-refractivity contribution in [3.8, 4) is 0 Å². The molecule has 2 aromatic rings. The summed E-state index contributed by atoms with van der Waals surface area (Å²) in [6, 6.07) is 0. The van der Waals surface area contributed by atoms with E-state index in [1.165, 1.54) is 31.3 Å². The van der Waals surface area contributed by atoms with E-state index in [2.05, 4.69) is 40.4 Å². The molecule has 0 aliphatic carbocycles. The first-order chi connectivity index (χ1) is 19.5. The van der Waals surface area contributed by atoms with Gasteiger partial charge >= 0.3 is 11.9 Å². The molecule has 0 atom stereocenters. The summed E-state index contributed by atoms with van der Waals surface area (Å²) in [5, 5.41) is 0.0612. The highest BCUT2D eigenvalue weighted by molar-refractivity contribution is 6.33. The summed E-state index contributed by atoms with van der Waals surface area (Å²) in [5.74, 6) is -1.04. The topological polar surface area (TPSA) is 123 Å². The SMILES string of the molecule is C.C=COCCCC.CC(C)OC(=O)c1cnc(Cl)nc1Cl.CCCCO/C=C/c1nc(Cl)ncc1C(=O)OC(C)C. The van der Waals surface area contributed by atoms with E-state index in [-0.39, 0.29) is 46.5 Å². The number of carbonyl (C=O) groups excluding carboxylic acids is 2. The van der Waals surface area contributed by atoms with Crippen molar-refractivity contribution in [1.82, 2.24) is 19.9 Å². The van der Waals surface area contributed by atoms with Crippen LogP contribution < -0.4 is 0 Å². The molecule has 10 nitrogen and oxygen atoms in total. The highest BCUT2D eigenvalue weighted by atomic mass is 35.5. The molecule has 0 saturated heterocycles. The molecule has 0 unspecified atom stereocenters. The lowest BCUT2D eigenvalue weighted by atomic mass is 10.2. The van der Waals surface area contributed by atoms with Crippen molar-refractivity contribution in [2.24, 2.45) is 0 Å². The second-order valence-corrected chi connectivity index (χ2v) is 9.64. The molecule has 0 saturated carbocycles. The Morgan fingerprint density at radius 1 is 0.833 bits per heavy atom. The zero-order chi connectivity index (χ0) is 31.2. The molecule has 0 bridgehead atoms. The number of carbonyl (C=O) groups is 2. The van der Waals surface area contributed by atoms with Crippen molar-refractivity contribution in [3.05, 3.63) is 64.0 Å². The van der Waals surface area contributed by atoms with Crippen molar-refractivity contribution in [1.29, 1.82) is 0 Å². The van der Waals surface area contributed by atoms with Gasteiger partial charge in [0.05, 0.1) is 43.6 Å². The number of halogens is 3. The van der Waals surface area contributed by atoms with Crippen LogP contribution in [0.25, 0.3) is 6.08 Å². The number of unbranched alkanes of at least 4 members (excludes halogenated alkanes) is 2. The third-order valence-electron chi connectivity index (χ3n) is 4.30. The molecule has 0 spiro atoms. The van der Waals surface area contributed by atoms with Gasteiger partial charge in [-0.3, -0.25) is 0 Å². The van der Waals surface area contributed by atoms with Crippen LogP contribution in [0.5, 0.6) is 0 Å². The molecule has 0 aliphatic heterocycles. The maximum Gasteiger partial charge on any atom is 0.343 e. The lowest BCUT2D eigenvalue weighted by Crippen LogP contribution is -2.14. The van der Waals surface area contributed by atoms with Crippen LogP contribution in [0.15, 0.2) is 31.5 Å². The predicted octanol–water partition coefficient (Wildman–Crippen LogP) is 8.41. The van der Waals surface area contributed by atoms with Gasteiger partial charge in [-0.25, -0.2) is 29.5 Å². The maximum absolute atomic E-state index is 11.9. The predicted molar refractivity (Wildman–Crippen MR) is 168 cm³/mol. The molecule has 0 fully saturated rings. The Bertz CT molecular complexity index is 1100. The van der Waals surface area contributed by atoms with Crippen molar-refractivity contribution in [2.45, 2.75) is 86.9 Å². The van der Waals surface area contributed by atoms with Gasteiger partial charge in [0.15, 0.2) is 0 Å². The minimum Gasteiger partial charge on any atom is -0.502 e. The molecule has 42 heavy (non-hydrogen) atoms. The number of nitrogens with zero attached hydrogens (tertiary/aromatic N) is 4. The number of rotatable bonds is 13. The Morgan fingerprint density at radius 3 is 1.79 bits per heavy atom. The zero-order valence-corrected chi connectivity index (χ0v) is 26.6. The average molecular weight is 650 g/mol. The van der Waals surface area contributed by atoms with E-state index >= 15 is 0 Å². The molecule has 236 valence electrons. The van der Waals surface area contributed by atoms with E-state index in [1.807, 2.05) is 0 Å². The van der Waals surface area contributed by atoms with Gasteiger partial charge in [-0.2, -0.15) is 0 Å². The summed E-state index contributed by atoms with van der Waals surface area (Å²) in [6.07, 6.45) is 11.1. The van der Waals surface area contributed by atoms with Gasteiger partial charge in [0.2, 0.25) is 10.6 Å². The fourth-order valence-corrected chi connectivity index (χ4v) is 2.93. The Kier molecular flexibility index (Phi) is 24.2. The molecule has 13 heteroatoms. The molecule has 0 aromatic carbocycles. The van der Waals surface area contributed by atoms with Gasteiger partial charge in [-0.1, -0.05) is 52.3 Å². The van der Waals surface area contributed by atoms with E-state index in [9.17, 15) is 9.59 Å². The molecule has 0 amide bonds. The average Bonchev–Trinajstić information content (AvgIpc) is 2.89. The van der Waals surface area contributed by atoms with Crippen molar-refractivity contribution in [3.63, 3.8) is 0 Å². The van der Waals surface area contributed by atoms with Gasteiger partial charge in [-0.15, -0.1) is 0 Å². The van der Waals surface area contributed by atoms with Crippen LogP contribution in [-0.4, -0.2) is 57.3 Å². The molecule has 2 heterocycles. The Balaban J connectivity index is 0. The molecule has 0 N–H and O–H groups in total. The van der Waals surface area contributed by atoms with E-state index in [4.69, 9.17) is 53.8 Å². The van der Waals surface area contributed by atoms with Gasteiger partial charge < -0.3 is 18.9 Å². The minimum atomic E-state index is -0.554. The number of ether oxygens (including phenoxy) is 4. The first kappa shape index (κ1) is 41.2. The van der Waals surface area contributed by atoms with Gasteiger partial charge in [0, 0.05) is 12.4 Å². The highest BCUT2D eigenvalue weighted by Gasteiger charge is 2.16. The van der Waals surface area contributed by atoms with Gasteiger partial charge in [-0.05, 0) is 69.8 Å². The van der Waals surface area contributed by atoms with Crippen LogP contribution in [0.2, 0.25) is 15.7 Å². The normalized spacial score (nSPS) is 10.1. The van der Waals surface area contributed by atoms with Crippen LogP contribution in [0.1, 0.15) is 101 Å². The van der Waals surface area contributed by atoms with Crippen molar-refractivity contribution < 1.29 is 28.5 Å². The van der Waals surface area contributed by atoms with E-state index in [0.29, 0.717) is 12.3 Å². The summed E-state index contributed by atoms with van der Waals surface area (Å²) in [5.41, 5.74) is 0.760. The molecule has 2 rings (SSSR count). The fraction of sp³-hybridized carbons (Fsp3) is 0.517. The van der Waals surface area contributed by atoms with Crippen molar-refractivity contribution in [2.75, 3.05) is 13.2 Å². The van der Waals surface area contributed by atoms with Crippen LogP contribution in [-0.2, 0) is 18.9 Å². The van der Waals surface area contributed by atoms with E-state index in [1.54, 1.807) is 33.8 Å². The fourth-order valence-electron chi connectivity index (χ4n) is 2.41. The van der Waals surface area contributed by atoms with Crippen LogP contribution >= 0.6 is 34.8 Å². The van der Waals surface area contributed by atoms with Gasteiger partial charge in [0.25, 0.3) is 0 Å². The second kappa shape index (κ2) is 24.6. The van der Waals surface area contributed by atoms with Crippen LogP contribution in [0.3, 0.4) is 0 Å². The second-order valence-electron chi connectivity index (χ2n) is 8.61. The lowest BCUT2D eigenvalue weighted by Gasteiger charge is -2.09. The first-order valence-electron chi connectivity index (χ1n) is 13.1. The quantitative estimate of drug-likeness (QED) is 0.0687. The highest BCUT2D eigenvalue weighted by Crippen LogP contribution is 2.16. The maximum atomic E-state index is 11.9. The van der Waals surface area contributed by atoms with Crippen LogP contribution in [0, 0.1) is 0 Å².